The maximum absolute atomic E-state index is 12.9. The fraction of sp³-hybridized carbons (Fsp3) is 0.500. The van der Waals surface area contributed by atoms with E-state index < -0.39 is 0 Å². The van der Waals surface area contributed by atoms with Crippen molar-refractivity contribution in [1.29, 1.82) is 0 Å². The molecule has 2 atom stereocenters. The molecule has 2 aliphatic heterocycles. The van der Waals surface area contributed by atoms with E-state index in [1.54, 1.807) is 11.0 Å². The Balaban J connectivity index is 1.36. The van der Waals surface area contributed by atoms with Crippen LogP contribution in [0.2, 0.25) is 0 Å². The third kappa shape index (κ3) is 4.67. The summed E-state index contributed by atoms with van der Waals surface area (Å²) in [6, 6.07) is 9.54. The highest BCUT2D eigenvalue weighted by Gasteiger charge is 2.30. The van der Waals surface area contributed by atoms with Crippen LogP contribution in [0.25, 0.3) is 11.3 Å². The average molecular weight is 397 g/mol. The smallest absolute Gasteiger partial charge is 0.276 e. The Bertz CT molecular complexity index is 855. The van der Waals surface area contributed by atoms with Crippen molar-refractivity contribution in [3.63, 3.8) is 0 Å². The number of nitrogens with one attached hydrogen (secondary N) is 1. The molecule has 4 rings (SSSR count). The van der Waals surface area contributed by atoms with Crippen LogP contribution < -0.4 is 5.32 Å². The molecule has 0 saturated carbocycles. The maximum atomic E-state index is 12.9. The number of aryl methyl sites for hydroxylation is 1. The minimum Gasteiger partial charge on any atom is -0.376 e. The third-order valence-electron chi connectivity index (χ3n) is 5.67. The zero-order chi connectivity index (χ0) is 20.2. The van der Waals surface area contributed by atoms with Gasteiger partial charge in [-0.25, -0.2) is 0 Å². The molecule has 29 heavy (non-hydrogen) atoms. The Morgan fingerprint density at radius 2 is 2.03 bits per heavy atom. The molecule has 2 amide bonds. The Morgan fingerprint density at radius 3 is 2.79 bits per heavy atom. The number of nitrogens with zero attached hydrogens (tertiary/aromatic N) is 2. The van der Waals surface area contributed by atoms with Crippen molar-refractivity contribution < 1.29 is 18.8 Å². The topological polar surface area (TPSA) is 84.7 Å². The molecule has 0 aliphatic carbocycles. The number of ether oxygens (including phenoxy) is 1. The van der Waals surface area contributed by atoms with E-state index in [-0.39, 0.29) is 29.5 Å². The van der Waals surface area contributed by atoms with E-state index in [1.807, 2.05) is 31.2 Å². The number of piperidine rings is 1. The van der Waals surface area contributed by atoms with Gasteiger partial charge in [-0.05, 0) is 32.6 Å². The van der Waals surface area contributed by atoms with Gasteiger partial charge < -0.3 is 19.5 Å². The van der Waals surface area contributed by atoms with Gasteiger partial charge in [0, 0.05) is 37.9 Å². The zero-order valence-corrected chi connectivity index (χ0v) is 16.7. The summed E-state index contributed by atoms with van der Waals surface area (Å²) < 4.78 is 10.9. The number of likely N-dealkylation sites (tertiary alicyclic amines) is 1. The first-order valence-corrected chi connectivity index (χ1v) is 10.3. The van der Waals surface area contributed by atoms with Crippen LogP contribution in [-0.4, -0.2) is 54.2 Å². The van der Waals surface area contributed by atoms with E-state index in [1.165, 1.54) is 0 Å². The standard InChI is InChI=1S/C22H27N3O4/c1-15-6-8-16(9-7-15)20-12-19(24-29-20)22(27)25-10-2-4-17(14-25)21(26)23-13-18-5-3-11-28-18/h6-9,12,17-18H,2-5,10-11,13-14H2,1H3,(H,23,26)/t17-,18-/m0/s1. The second-order valence-electron chi connectivity index (χ2n) is 7.91. The number of hydrogen-bond acceptors (Lipinski definition) is 5. The fourth-order valence-corrected chi connectivity index (χ4v) is 3.93. The molecule has 2 fully saturated rings. The Labute approximate surface area is 170 Å². The number of carbonyl (C=O) groups is 2. The van der Waals surface area contributed by atoms with Crippen molar-refractivity contribution in [3.8, 4) is 11.3 Å². The molecule has 2 saturated heterocycles. The number of carbonyl (C=O) groups excluding carboxylic acids is 2. The SMILES string of the molecule is Cc1ccc(-c2cc(C(=O)N3CCC[C@H](C(=O)NC[C@@H]4CCCO4)C3)no2)cc1. The molecular weight excluding hydrogens is 370 g/mol. The van der Waals surface area contributed by atoms with Crippen LogP contribution in [0.5, 0.6) is 0 Å². The molecule has 0 spiro atoms. The van der Waals surface area contributed by atoms with Crippen LogP contribution in [0.3, 0.4) is 0 Å². The van der Waals surface area contributed by atoms with E-state index >= 15 is 0 Å². The third-order valence-corrected chi connectivity index (χ3v) is 5.67. The molecule has 1 aromatic carbocycles. The van der Waals surface area contributed by atoms with E-state index in [9.17, 15) is 9.59 Å². The fourth-order valence-electron chi connectivity index (χ4n) is 3.93. The van der Waals surface area contributed by atoms with Crippen molar-refractivity contribution in [2.24, 2.45) is 5.92 Å². The number of aromatic nitrogens is 1. The van der Waals surface area contributed by atoms with Gasteiger partial charge in [-0.1, -0.05) is 35.0 Å². The molecule has 2 aliphatic rings. The molecule has 1 aromatic heterocycles. The Kier molecular flexibility index (Phi) is 5.94. The Morgan fingerprint density at radius 1 is 1.21 bits per heavy atom. The minimum atomic E-state index is -0.197. The lowest BCUT2D eigenvalue weighted by Crippen LogP contribution is -2.46. The summed E-state index contributed by atoms with van der Waals surface area (Å²) in [6.45, 7) is 4.37. The summed E-state index contributed by atoms with van der Waals surface area (Å²) in [7, 11) is 0. The normalized spacial score (nSPS) is 21.9. The minimum absolute atomic E-state index is 0.00139. The van der Waals surface area contributed by atoms with Crippen molar-refractivity contribution >= 4 is 11.8 Å². The van der Waals surface area contributed by atoms with Crippen LogP contribution in [0.4, 0.5) is 0 Å². The van der Waals surface area contributed by atoms with E-state index in [4.69, 9.17) is 9.26 Å². The molecule has 7 nitrogen and oxygen atoms in total. The van der Waals surface area contributed by atoms with Gasteiger partial charge in [0.05, 0.1) is 12.0 Å². The van der Waals surface area contributed by atoms with E-state index in [0.29, 0.717) is 25.4 Å². The van der Waals surface area contributed by atoms with Crippen LogP contribution >= 0.6 is 0 Å². The first kappa shape index (κ1) is 19.6. The van der Waals surface area contributed by atoms with Gasteiger partial charge in [-0.15, -0.1) is 0 Å². The van der Waals surface area contributed by atoms with Crippen LogP contribution in [0.15, 0.2) is 34.9 Å². The molecule has 154 valence electrons. The lowest BCUT2D eigenvalue weighted by atomic mass is 9.96. The molecule has 0 unspecified atom stereocenters. The lowest BCUT2D eigenvalue weighted by molar-refractivity contribution is -0.126. The van der Waals surface area contributed by atoms with E-state index in [0.717, 1.165) is 43.4 Å². The number of rotatable bonds is 5. The molecule has 0 radical (unpaired) electrons. The maximum Gasteiger partial charge on any atom is 0.276 e. The second kappa shape index (κ2) is 8.78. The van der Waals surface area contributed by atoms with Gasteiger partial charge in [0.2, 0.25) is 5.91 Å². The van der Waals surface area contributed by atoms with Gasteiger partial charge in [-0.2, -0.15) is 0 Å². The molecular formula is C22H27N3O4. The predicted molar refractivity (Wildman–Crippen MR) is 107 cm³/mol. The van der Waals surface area contributed by atoms with Crippen molar-refractivity contribution in [2.75, 3.05) is 26.2 Å². The van der Waals surface area contributed by atoms with Crippen LogP contribution in [-0.2, 0) is 9.53 Å². The summed E-state index contributed by atoms with van der Waals surface area (Å²) in [5.74, 6) is 0.177. The molecule has 3 heterocycles. The highest BCUT2D eigenvalue weighted by Crippen LogP contribution is 2.23. The lowest BCUT2D eigenvalue weighted by Gasteiger charge is -2.31. The van der Waals surface area contributed by atoms with Crippen molar-refractivity contribution in [3.05, 3.63) is 41.6 Å². The van der Waals surface area contributed by atoms with Gasteiger partial charge in [0.1, 0.15) is 0 Å². The van der Waals surface area contributed by atoms with Crippen molar-refractivity contribution in [2.45, 2.75) is 38.7 Å². The van der Waals surface area contributed by atoms with Gasteiger partial charge >= 0.3 is 0 Å². The van der Waals surface area contributed by atoms with Crippen LogP contribution in [0, 0.1) is 12.8 Å². The average Bonchev–Trinajstić information content (AvgIpc) is 3.44. The molecule has 1 N–H and O–H groups in total. The summed E-state index contributed by atoms with van der Waals surface area (Å²) in [5.41, 5.74) is 2.31. The van der Waals surface area contributed by atoms with E-state index in [2.05, 4.69) is 10.5 Å². The first-order chi connectivity index (χ1) is 14.1. The summed E-state index contributed by atoms with van der Waals surface area (Å²) in [6.07, 6.45) is 3.75. The highest BCUT2D eigenvalue weighted by molar-refractivity contribution is 5.93. The molecule has 0 bridgehead atoms. The summed E-state index contributed by atoms with van der Waals surface area (Å²) in [5, 5.41) is 6.95. The van der Waals surface area contributed by atoms with Gasteiger partial charge in [0.15, 0.2) is 11.5 Å². The Hall–Kier alpha value is -2.67. The number of benzene rings is 1. The first-order valence-electron chi connectivity index (χ1n) is 10.3. The zero-order valence-electron chi connectivity index (χ0n) is 16.7. The van der Waals surface area contributed by atoms with Crippen molar-refractivity contribution in [1.82, 2.24) is 15.4 Å². The predicted octanol–water partition coefficient (Wildman–Crippen LogP) is 2.80. The second-order valence-corrected chi connectivity index (χ2v) is 7.91. The van der Waals surface area contributed by atoms with Gasteiger partial charge in [-0.3, -0.25) is 9.59 Å². The molecule has 2 aromatic rings. The summed E-state index contributed by atoms with van der Waals surface area (Å²) >= 11 is 0. The number of amides is 2. The summed E-state index contributed by atoms with van der Waals surface area (Å²) in [4.78, 5) is 27.1. The number of hydrogen-bond donors (Lipinski definition) is 1. The quantitative estimate of drug-likeness (QED) is 0.839. The molecule has 7 heteroatoms. The van der Waals surface area contributed by atoms with Gasteiger partial charge in [0.25, 0.3) is 5.91 Å². The highest BCUT2D eigenvalue weighted by atomic mass is 16.5. The largest absolute Gasteiger partial charge is 0.376 e. The monoisotopic (exact) mass is 397 g/mol. The van der Waals surface area contributed by atoms with Crippen LogP contribution in [0.1, 0.15) is 41.7 Å².